The minimum atomic E-state index is -0.0694. The van der Waals surface area contributed by atoms with Gasteiger partial charge in [-0.1, -0.05) is 23.8 Å². The van der Waals surface area contributed by atoms with Crippen LogP contribution in [0.4, 0.5) is 0 Å². The van der Waals surface area contributed by atoms with Gasteiger partial charge in [-0.25, -0.2) is 0 Å². The van der Waals surface area contributed by atoms with E-state index in [1.54, 1.807) is 13.2 Å². The fraction of sp³-hybridized carbons (Fsp3) is 0.500. The van der Waals surface area contributed by atoms with Crippen LogP contribution >= 0.6 is 0 Å². The molecule has 1 atom stereocenters. The second-order valence-corrected chi connectivity index (χ2v) is 4.72. The predicted octanol–water partition coefficient (Wildman–Crippen LogP) is 3.21. The third kappa shape index (κ3) is 5.05. The maximum absolute atomic E-state index is 5.88. The molecule has 0 aromatic heterocycles. The van der Waals surface area contributed by atoms with E-state index >= 15 is 0 Å². The lowest BCUT2D eigenvalue weighted by atomic mass is 10.1. The van der Waals surface area contributed by atoms with Gasteiger partial charge in [0.05, 0.1) is 13.2 Å². The summed E-state index contributed by atoms with van der Waals surface area (Å²) >= 11 is 0. The van der Waals surface area contributed by atoms with Crippen LogP contribution in [0.5, 0.6) is 5.75 Å². The van der Waals surface area contributed by atoms with Gasteiger partial charge >= 0.3 is 0 Å². The van der Waals surface area contributed by atoms with Crippen LogP contribution in [0.15, 0.2) is 24.8 Å². The van der Waals surface area contributed by atoms with E-state index in [1.807, 2.05) is 0 Å². The molecule has 0 N–H and O–H groups in total. The molecule has 0 aliphatic rings. The van der Waals surface area contributed by atoms with Crippen molar-refractivity contribution in [2.45, 2.75) is 26.9 Å². The number of aryl methyl sites for hydroxylation is 3. The van der Waals surface area contributed by atoms with E-state index in [-0.39, 0.29) is 6.10 Å². The Labute approximate surface area is 116 Å². The van der Waals surface area contributed by atoms with Crippen molar-refractivity contribution in [2.75, 3.05) is 26.9 Å². The van der Waals surface area contributed by atoms with Gasteiger partial charge in [0, 0.05) is 7.11 Å². The number of methoxy groups -OCH3 is 1. The van der Waals surface area contributed by atoms with E-state index in [2.05, 4.69) is 39.5 Å². The Morgan fingerprint density at radius 3 is 2.32 bits per heavy atom. The minimum Gasteiger partial charge on any atom is -0.490 e. The molecule has 0 bridgehead atoms. The molecule has 0 saturated heterocycles. The van der Waals surface area contributed by atoms with E-state index in [0.29, 0.717) is 19.8 Å². The van der Waals surface area contributed by atoms with Crippen LogP contribution in [-0.2, 0) is 9.47 Å². The summed E-state index contributed by atoms with van der Waals surface area (Å²) in [6.07, 6.45) is 1.65. The Morgan fingerprint density at radius 1 is 1.16 bits per heavy atom. The number of ether oxygens (including phenoxy) is 3. The van der Waals surface area contributed by atoms with Crippen LogP contribution < -0.4 is 4.74 Å². The fourth-order valence-electron chi connectivity index (χ4n) is 2.04. The summed E-state index contributed by atoms with van der Waals surface area (Å²) in [4.78, 5) is 0. The Morgan fingerprint density at radius 2 is 1.79 bits per heavy atom. The van der Waals surface area contributed by atoms with Crippen molar-refractivity contribution in [1.82, 2.24) is 0 Å². The molecule has 0 radical (unpaired) electrons. The lowest BCUT2D eigenvalue weighted by molar-refractivity contribution is -0.00771. The van der Waals surface area contributed by atoms with Gasteiger partial charge in [-0.2, -0.15) is 0 Å². The summed E-state index contributed by atoms with van der Waals surface area (Å²) in [5, 5.41) is 0. The molecule has 0 amide bonds. The van der Waals surface area contributed by atoms with Gasteiger partial charge in [-0.3, -0.25) is 0 Å². The maximum Gasteiger partial charge on any atom is 0.125 e. The average molecular weight is 264 g/mol. The molecule has 1 unspecified atom stereocenters. The van der Waals surface area contributed by atoms with Crippen molar-refractivity contribution in [2.24, 2.45) is 0 Å². The normalized spacial score (nSPS) is 12.2. The van der Waals surface area contributed by atoms with Gasteiger partial charge < -0.3 is 14.2 Å². The maximum atomic E-state index is 5.88. The van der Waals surface area contributed by atoms with E-state index in [9.17, 15) is 0 Å². The van der Waals surface area contributed by atoms with Gasteiger partial charge in [-0.05, 0) is 31.9 Å². The van der Waals surface area contributed by atoms with Crippen LogP contribution in [0.25, 0.3) is 0 Å². The highest BCUT2D eigenvalue weighted by molar-refractivity contribution is 5.42. The molecule has 0 aliphatic carbocycles. The summed E-state index contributed by atoms with van der Waals surface area (Å²) in [5.41, 5.74) is 3.55. The first-order chi connectivity index (χ1) is 9.08. The smallest absolute Gasteiger partial charge is 0.125 e. The second-order valence-electron chi connectivity index (χ2n) is 4.72. The van der Waals surface area contributed by atoms with Crippen LogP contribution in [-0.4, -0.2) is 33.0 Å². The van der Waals surface area contributed by atoms with Crippen LogP contribution in [0.3, 0.4) is 0 Å². The first-order valence-electron chi connectivity index (χ1n) is 6.50. The molecule has 1 aromatic rings. The number of benzene rings is 1. The molecule has 19 heavy (non-hydrogen) atoms. The predicted molar refractivity (Wildman–Crippen MR) is 78.0 cm³/mol. The minimum absolute atomic E-state index is 0.0694. The number of rotatable bonds is 8. The molecular weight excluding hydrogens is 240 g/mol. The highest BCUT2D eigenvalue weighted by Gasteiger charge is 2.11. The molecule has 0 aliphatic heterocycles. The summed E-state index contributed by atoms with van der Waals surface area (Å²) in [6.45, 7) is 11.3. The van der Waals surface area contributed by atoms with Crippen molar-refractivity contribution in [3.05, 3.63) is 41.5 Å². The Kier molecular flexibility index (Phi) is 6.60. The highest BCUT2D eigenvalue weighted by Crippen LogP contribution is 2.24. The molecule has 0 heterocycles. The van der Waals surface area contributed by atoms with Crippen molar-refractivity contribution < 1.29 is 14.2 Å². The Bertz CT molecular complexity index is 389. The van der Waals surface area contributed by atoms with Crippen molar-refractivity contribution in [1.29, 1.82) is 0 Å². The molecule has 3 nitrogen and oxygen atoms in total. The molecular formula is C16H24O3. The summed E-state index contributed by atoms with van der Waals surface area (Å²) in [6, 6.07) is 4.25. The second kappa shape index (κ2) is 7.97. The van der Waals surface area contributed by atoms with Crippen molar-refractivity contribution in [3.63, 3.8) is 0 Å². The van der Waals surface area contributed by atoms with E-state index in [1.165, 1.54) is 5.56 Å². The monoisotopic (exact) mass is 264 g/mol. The fourth-order valence-corrected chi connectivity index (χ4v) is 2.04. The van der Waals surface area contributed by atoms with Gasteiger partial charge in [0.15, 0.2) is 0 Å². The zero-order valence-electron chi connectivity index (χ0n) is 12.4. The third-order valence-electron chi connectivity index (χ3n) is 2.89. The Balaban J connectivity index is 2.57. The first kappa shape index (κ1) is 15.7. The van der Waals surface area contributed by atoms with E-state index in [0.717, 1.165) is 16.9 Å². The SMILES string of the molecule is C=CCOCC(COc1c(C)cc(C)cc1C)OC. The van der Waals surface area contributed by atoms with E-state index < -0.39 is 0 Å². The van der Waals surface area contributed by atoms with Gasteiger partial charge in [-0.15, -0.1) is 6.58 Å². The van der Waals surface area contributed by atoms with Gasteiger partial charge in [0.1, 0.15) is 18.5 Å². The average Bonchev–Trinajstić information content (AvgIpc) is 2.35. The molecule has 0 saturated carbocycles. The summed E-state index contributed by atoms with van der Waals surface area (Å²) in [5.74, 6) is 0.941. The van der Waals surface area contributed by atoms with Crippen LogP contribution in [0.1, 0.15) is 16.7 Å². The highest BCUT2D eigenvalue weighted by atomic mass is 16.6. The summed E-state index contributed by atoms with van der Waals surface area (Å²) in [7, 11) is 1.67. The number of hydrogen-bond acceptors (Lipinski definition) is 3. The quantitative estimate of drug-likeness (QED) is 0.533. The molecule has 0 spiro atoms. The molecule has 3 heteroatoms. The van der Waals surface area contributed by atoms with Gasteiger partial charge in [0.25, 0.3) is 0 Å². The largest absolute Gasteiger partial charge is 0.490 e. The van der Waals surface area contributed by atoms with Crippen LogP contribution in [0.2, 0.25) is 0 Å². The third-order valence-corrected chi connectivity index (χ3v) is 2.89. The first-order valence-corrected chi connectivity index (χ1v) is 6.50. The van der Waals surface area contributed by atoms with Crippen molar-refractivity contribution in [3.8, 4) is 5.75 Å². The number of hydrogen-bond donors (Lipinski definition) is 0. The lowest BCUT2D eigenvalue weighted by Gasteiger charge is -2.18. The molecule has 106 valence electrons. The van der Waals surface area contributed by atoms with Crippen LogP contribution in [0, 0.1) is 20.8 Å². The zero-order chi connectivity index (χ0) is 14.3. The lowest BCUT2D eigenvalue weighted by Crippen LogP contribution is -2.26. The van der Waals surface area contributed by atoms with Crippen molar-refractivity contribution >= 4 is 0 Å². The van der Waals surface area contributed by atoms with Gasteiger partial charge in [0.2, 0.25) is 0 Å². The summed E-state index contributed by atoms with van der Waals surface area (Å²) < 4.78 is 16.6. The topological polar surface area (TPSA) is 27.7 Å². The molecule has 1 rings (SSSR count). The Hall–Kier alpha value is -1.32. The van der Waals surface area contributed by atoms with E-state index in [4.69, 9.17) is 14.2 Å². The zero-order valence-corrected chi connectivity index (χ0v) is 12.4. The standard InChI is InChI=1S/C16H24O3/c1-6-7-18-10-15(17-5)11-19-16-13(3)8-12(2)9-14(16)4/h6,8-9,15H,1,7,10-11H2,2-5H3. The molecule has 1 aromatic carbocycles. The molecule has 0 fully saturated rings.